The van der Waals surface area contributed by atoms with Crippen LogP contribution in [0.5, 0.6) is 23.0 Å². The van der Waals surface area contributed by atoms with Crippen molar-refractivity contribution in [2.45, 2.75) is 65.2 Å². The number of benzene rings is 2. The number of hydrogen-bond donors (Lipinski definition) is 6. The molecule has 2 rings (SSSR count). The molecule has 194 valence electrons. The lowest BCUT2D eigenvalue weighted by atomic mass is 10.0. The number of hydrogen-bond acceptors (Lipinski definition) is 6. The minimum atomic E-state index is -0.0431. The van der Waals surface area contributed by atoms with Gasteiger partial charge in [0.2, 0.25) is 0 Å². The molecule has 0 unspecified atom stereocenters. The van der Waals surface area contributed by atoms with E-state index in [0.29, 0.717) is 12.8 Å². The molecule has 6 nitrogen and oxygen atoms in total. The Hall–Kier alpha value is -1.48. The van der Waals surface area contributed by atoms with E-state index in [2.05, 4.69) is 10.6 Å². The number of unbranched alkanes of at least 4 members (excludes halogenated alkanes) is 3. The molecule has 2 aromatic rings. The van der Waals surface area contributed by atoms with E-state index < -0.39 is 0 Å². The number of halogens is 2. The van der Waals surface area contributed by atoms with E-state index in [1.807, 2.05) is 26.0 Å². The molecule has 0 atom stereocenters. The molecular formula is C26H42Br2N2O4. The van der Waals surface area contributed by atoms with Gasteiger partial charge < -0.3 is 31.1 Å². The predicted octanol–water partition coefficient (Wildman–Crippen LogP) is 5.31. The molecule has 0 amide bonds. The number of nitrogens with one attached hydrogen (secondary N) is 2. The highest BCUT2D eigenvalue weighted by atomic mass is 79.9. The zero-order chi connectivity index (χ0) is 23.3. The van der Waals surface area contributed by atoms with Crippen LogP contribution in [0.4, 0.5) is 0 Å². The van der Waals surface area contributed by atoms with Crippen molar-refractivity contribution in [1.82, 2.24) is 10.6 Å². The first-order valence-electron chi connectivity index (χ1n) is 12.0. The summed E-state index contributed by atoms with van der Waals surface area (Å²) in [7, 11) is 0. The first-order valence-corrected chi connectivity index (χ1v) is 12.0. The maximum absolute atomic E-state index is 9.96. The molecule has 0 radical (unpaired) electrons. The van der Waals surface area contributed by atoms with E-state index in [1.165, 1.54) is 12.8 Å². The van der Waals surface area contributed by atoms with Gasteiger partial charge in [0.1, 0.15) is 0 Å². The third kappa shape index (κ3) is 10.0. The molecule has 8 heteroatoms. The van der Waals surface area contributed by atoms with Crippen LogP contribution >= 0.6 is 34.0 Å². The first kappa shape index (κ1) is 32.5. The quantitative estimate of drug-likeness (QED) is 0.121. The highest BCUT2D eigenvalue weighted by molar-refractivity contribution is 8.93. The van der Waals surface area contributed by atoms with Crippen molar-refractivity contribution < 1.29 is 20.4 Å². The minimum Gasteiger partial charge on any atom is -0.504 e. The Morgan fingerprint density at radius 2 is 0.941 bits per heavy atom. The summed E-state index contributed by atoms with van der Waals surface area (Å²) in [5.41, 5.74) is 3.87. The van der Waals surface area contributed by atoms with Gasteiger partial charge in [-0.25, -0.2) is 0 Å². The fourth-order valence-electron chi connectivity index (χ4n) is 4.14. The van der Waals surface area contributed by atoms with E-state index in [1.54, 1.807) is 12.1 Å². The average Bonchev–Trinajstić information content (AvgIpc) is 2.79. The summed E-state index contributed by atoms with van der Waals surface area (Å²) in [6.45, 7) is 7.69. The van der Waals surface area contributed by atoms with Crippen LogP contribution in [0.2, 0.25) is 0 Å². The van der Waals surface area contributed by atoms with Crippen LogP contribution in [-0.2, 0) is 25.7 Å². The number of phenols is 4. The maximum atomic E-state index is 9.96. The second-order valence-electron chi connectivity index (χ2n) is 8.26. The summed E-state index contributed by atoms with van der Waals surface area (Å²) in [6.07, 6.45) is 7.80. The van der Waals surface area contributed by atoms with Crippen molar-refractivity contribution in [2.75, 3.05) is 26.2 Å². The summed E-state index contributed by atoms with van der Waals surface area (Å²) < 4.78 is 0. The second kappa shape index (κ2) is 17.9. The van der Waals surface area contributed by atoms with Gasteiger partial charge in [0.15, 0.2) is 23.0 Å². The van der Waals surface area contributed by atoms with Crippen LogP contribution in [0, 0.1) is 0 Å². The standard InChI is InChI=1S/C26H40N2O4.2BrH/c1-3-21-19(9-11-23(29)25(21)31)13-17-27-15-7-5-6-8-16-28-18-14-20-10-12-24(30)26(32)22(20)4-2;;/h9-12,27-32H,3-8,13-18H2,1-2H3;2*1H. The zero-order valence-electron chi connectivity index (χ0n) is 20.4. The van der Waals surface area contributed by atoms with E-state index in [0.717, 1.165) is 74.1 Å². The predicted molar refractivity (Wildman–Crippen MR) is 151 cm³/mol. The summed E-state index contributed by atoms with van der Waals surface area (Å²) in [4.78, 5) is 0. The molecule has 2 aromatic carbocycles. The van der Waals surface area contributed by atoms with Crippen molar-refractivity contribution in [3.63, 3.8) is 0 Å². The molecule has 0 saturated carbocycles. The van der Waals surface area contributed by atoms with Crippen LogP contribution in [0.15, 0.2) is 24.3 Å². The Bertz CT molecular complexity index is 781. The van der Waals surface area contributed by atoms with E-state index in [-0.39, 0.29) is 57.0 Å². The Labute approximate surface area is 225 Å². The van der Waals surface area contributed by atoms with Gasteiger partial charge in [-0.15, -0.1) is 34.0 Å². The lowest BCUT2D eigenvalue weighted by Crippen LogP contribution is -2.20. The second-order valence-corrected chi connectivity index (χ2v) is 8.26. The van der Waals surface area contributed by atoms with Crippen LogP contribution in [0.25, 0.3) is 0 Å². The van der Waals surface area contributed by atoms with Crippen molar-refractivity contribution in [3.05, 3.63) is 46.5 Å². The van der Waals surface area contributed by atoms with Gasteiger partial charge in [0.05, 0.1) is 0 Å². The largest absolute Gasteiger partial charge is 0.504 e. The van der Waals surface area contributed by atoms with Gasteiger partial charge in [0.25, 0.3) is 0 Å². The lowest BCUT2D eigenvalue weighted by molar-refractivity contribution is 0.399. The molecule has 0 spiro atoms. The smallest absolute Gasteiger partial charge is 0.160 e. The van der Waals surface area contributed by atoms with Crippen LogP contribution in [0.1, 0.15) is 61.8 Å². The van der Waals surface area contributed by atoms with Gasteiger partial charge in [-0.1, -0.05) is 38.8 Å². The molecule has 0 saturated heterocycles. The van der Waals surface area contributed by atoms with Crippen LogP contribution in [-0.4, -0.2) is 46.6 Å². The Kier molecular flexibility index (Phi) is 17.1. The van der Waals surface area contributed by atoms with E-state index in [4.69, 9.17) is 0 Å². The number of aromatic hydroxyl groups is 4. The first-order chi connectivity index (χ1) is 15.5. The minimum absolute atomic E-state index is 0. The normalized spacial score (nSPS) is 10.5. The molecule has 0 fully saturated rings. The SMILES string of the molecule is Br.Br.CCc1c(CCNCCCCCCNCCc2ccc(O)c(O)c2CC)ccc(O)c1O. The fraction of sp³-hybridized carbons (Fsp3) is 0.538. The van der Waals surface area contributed by atoms with Crippen molar-refractivity contribution in [2.24, 2.45) is 0 Å². The molecule has 34 heavy (non-hydrogen) atoms. The summed E-state index contributed by atoms with van der Waals surface area (Å²) >= 11 is 0. The molecule has 0 aromatic heterocycles. The van der Waals surface area contributed by atoms with Gasteiger partial charge >= 0.3 is 0 Å². The fourth-order valence-corrected chi connectivity index (χ4v) is 4.14. The van der Waals surface area contributed by atoms with Crippen molar-refractivity contribution >= 4 is 34.0 Å². The molecule has 0 aliphatic heterocycles. The highest BCUT2D eigenvalue weighted by Crippen LogP contribution is 2.32. The molecule has 0 aliphatic rings. The lowest BCUT2D eigenvalue weighted by Gasteiger charge is -2.12. The zero-order valence-corrected chi connectivity index (χ0v) is 23.8. The number of rotatable bonds is 15. The number of phenolic OH excluding ortho intramolecular Hbond substituents is 4. The summed E-state index contributed by atoms with van der Waals surface area (Å²) in [5, 5.41) is 46.1. The van der Waals surface area contributed by atoms with Gasteiger partial charge in [-0.3, -0.25) is 0 Å². The summed E-state index contributed by atoms with van der Waals surface area (Å²) in [6, 6.07) is 6.93. The van der Waals surface area contributed by atoms with E-state index >= 15 is 0 Å². The average molecular weight is 606 g/mol. The highest BCUT2D eigenvalue weighted by Gasteiger charge is 2.11. The van der Waals surface area contributed by atoms with Gasteiger partial charge in [-0.2, -0.15) is 0 Å². The van der Waals surface area contributed by atoms with Crippen LogP contribution < -0.4 is 10.6 Å². The molecule has 0 bridgehead atoms. The molecular weight excluding hydrogens is 564 g/mol. The van der Waals surface area contributed by atoms with Gasteiger partial charge in [0, 0.05) is 11.1 Å². The monoisotopic (exact) mass is 604 g/mol. The maximum Gasteiger partial charge on any atom is 0.160 e. The Balaban J connectivity index is 0.00000544. The third-order valence-corrected chi connectivity index (χ3v) is 6.02. The van der Waals surface area contributed by atoms with E-state index in [9.17, 15) is 20.4 Å². The van der Waals surface area contributed by atoms with Crippen molar-refractivity contribution in [1.29, 1.82) is 0 Å². The Morgan fingerprint density at radius 1 is 0.559 bits per heavy atom. The molecule has 0 heterocycles. The van der Waals surface area contributed by atoms with Gasteiger partial charge in [-0.05, 0) is 88.0 Å². The molecule has 0 aliphatic carbocycles. The van der Waals surface area contributed by atoms with Crippen LogP contribution in [0.3, 0.4) is 0 Å². The molecule has 6 N–H and O–H groups in total. The Morgan fingerprint density at radius 3 is 1.29 bits per heavy atom. The third-order valence-electron chi connectivity index (χ3n) is 6.02. The van der Waals surface area contributed by atoms with Crippen molar-refractivity contribution in [3.8, 4) is 23.0 Å². The topological polar surface area (TPSA) is 105 Å². The summed E-state index contributed by atoms with van der Waals surface area (Å²) in [5.74, 6) is -0.0481.